The molecule has 0 spiro atoms. The second kappa shape index (κ2) is 9.73. The summed E-state index contributed by atoms with van der Waals surface area (Å²) < 4.78 is 5.55. The molecule has 172 valence electrons. The fourth-order valence-electron chi connectivity index (χ4n) is 4.99. The number of aryl methyl sites for hydroxylation is 1. The first-order valence-electron chi connectivity index (χ1n) is 11.5. The number of piperidine rings is 1. The summed E-state index contributed by atoms with van der Waals surface area (Å²) in [7, 11) is 0. The van der Waals surface area contributed by atoms with Crippen molar-refractivity contribution in [3.05, 3.63) is 42.5 Å². The van der Waals surface area contributed by atoms with Gasteiger partial charge in [0.2, 0.25) is 11.8 Å². The first-order chi connectivity index (χ1) is 15.5. The van der Waals surface area contributed by atoms with Crippen LogP contribution in [0, 0.1) is 5.92 Å². The van der Waals surface area contributed by atoms with E-state index in [0.29, 0.717) is 45.6 Å². The van der Waals surface area contributed by atoms with Gasteiger partial charge in [-0.05, 0) is 43.4 Å². The van der Waals surface area contributed by atoms with Crippen LogP contribution in [0.5, 0.6) is 0 Å². The highest BCUT2D eigenvalue weighted by atomic mass is 16.5. The van der Waals surface area contributed by atoms with Gasteiger partial charge >= 0.3 is 6.03 Å². The van der Waals surface area contributed by atoms with Crippen molar-refractivity contribution in [2.45, 2.75) is 50.7 Å². The number of nitrogens with zero attached hydrogens (tertiary/aromatic N) is 2. The summed E-state index contributed by atoms with van der Waals surface area (Å²) >= 11 is 0. The van der Waals surface area contributed by atoms with Crippen molar-refractivity contribution >= 4 is 23.5 Å². The molecule has 1 aromatic rings. The Morgan fingerprint density at radius 3 is 2.59 bits per heavy atom. The van der Waals surface area contributed by atoms with Gasteiger partial charge in [-0.25, -0.2) is 4.79 Å². The minimum atomic E-state index is -0.505. The molecule has 4 amide bonds. The number of hydrogen-bond donors (Lipinski definition) is 2. The molecule has 8 nitrogen and oxygen atoms in total. The molecule has 0 radical (unpaired) electrons. The molecule has 0 saturated carbocycles. The van der Waals surface area contributed by atoms with E-state index in [1.54, 1.807) is 15.9 Å². The van der Waals surface area contributed by atoms with Crippen LogP contribution >= 0.6 is 0 Å². The number of carbonyl (C=O) groups is 3. The van der Waals surface area contributed by atoms with Crippen molar-refractivity contribution in [3.63, 3.8) is 0 Å². The zero-order valence-corrected chi connectivity index (χ0v) is 18.6. The van der Waals surface area contributed by atoms with Gasteiger partial charge in [-0.1, -0.05) is 25.1 Å². The highest BCUT2D eigenvalue weighted by molar-refractivity contribution is 5.98. The Kier molecular flexibility index (Phi) is 6.79. The first-order valence-corrected chi connectivity index (χ1v) is 11.5. The second-order valence-electron chi connectivity index (χ2n) is 8.85. The van der Waals surface area contributed by atoms with E-state index in [1.807, 2.05) is 24.3 Å². The van der Waals surface area contributed by atoms with Crippen molar-refractivity contribution in [1.29, 1.82) is 0 Å². The molecule has 3 saturated heterocycles. The Hall–Kier alpha value is -2.87. The van der Waals surface area contributed by atoms with Crippen LogP contribution in [0.2, 0.25) is 0 Å². The molecule has 1 aromatic carbocycles. The van der Waals surface area contributed by atoms with Gasteiger partial charge in [-0.15, -0.1) is 6.58 Å². The number of benzene rings is 1. The van der Waals surface area contributed by atoms with Crippen LogP contribution in [0.3, 0.4) is 0 Å². The SMILES string of the molecule is C=CCOCC1CC2C(=O)N3CCC(NC(=O)Nc4ccc(CC)cc4)CC3C(=O)N2C1. The normalized spacial score (nSPS) is 27.0. The van der Waals surface area contributed by atoms with Crippen LogP contribution in [0.4, 0.5) is 10.5 Å². The lowest BCUT2D eigenvalue weighted by molar-refractivity contribution is -0.161. The third-order valence-electron chi connectivity index (χ3n) is 6.67. The summed E-state index contributed by atoms with van der Waals surface area (Å²) in [5.41, 5.74) is 1.93. The summed E-state index contributed by atoms with van der Waals surface area (Å²) in [5, 5.41) is 5.83. The Morgan fingerprint density at radius 2 is 1.88 bits per heavy atom. The number of piperazine rings is 1. The van der Waals surface area contributed by atoms with E-state index in [2.05, 4.69) is 24.1 Å². The zero-order chi connectivity index (χ0) is 22.7. The van der Waals surface area contributed by atoms with E-state index in [1.165, 1.54) is 5.56 Å². The van der Waals surface area contributed by atoms with Crippen molar-refractivity contribution < 1.29 is 19.1 Å². The smallest absolute Gasteiger partial charge is 0.319 e. The van der Waals surface area contributed by atoms with E-state index >= 15 is 0 Å². The van der Waals surface area contributed by atoms with Crippen LogP contribution in [0.25, 0.3) is 0 Å². The summed E-state index contributed by atoms with van der Waals surface area (Å²) in [4.78, 5) is 42.2. The molecule has 3 aliphatic heterocycles. The number of anilines is 1. The van der Waals surface area contributed by atoms with Gasteiger partial charge in [-0.2, -0.15) is 0 Å². The molecule has 0 aromatic heterocycles. The molecular formula is C24H32N4O4. The van der Waals surface area contributed by atoms with Crippen LogP contribution in [-0.2, 0) is 20.7 Å². The van der Waals surface area contributed by atoms with Gasteiger partial charge in [0.05, 0.1) is 13.2 Å². The number of amides is 4. The maximum Gasteiger partial charge on any atom is 0.319 e. The van der Waals surface area contributed by atoms with Crippen LogP contribution in [0.15, 0.2) is 36.9 Å². The number of hydrogen-bond acceptors (Lipinski definition) is 4. The predicted molar refractivity (Wildman–Crippen MR) is 121 cm³/mol. The third-order valence-corrected chi connectivity index (χ3v) is 6.67. The molecule has 0 aliphatic carbocycles. The lowest BCUT2D eigenvalue weighted by atomic mass is 9.92. The number of nitrogens with one attached hydrogen (secondary N) is 2. The van der Waals surface area contributed by atoms with Crippen LogP contribution in [-0.4, -0.2) is 72.1 Å². The lowest BCUT2D eigenvalue weighted by Gasteiger charge is -2.46. The highest BCUT2D eigenvalue weighted by Gasteiger charge is 2.51. The number of carbonyl (C=O) groups excluding carboxylic acids is 3. The Morgan fingerprint density at radius 1 is 1.16 bits per heavy atom. The lowest BCUT2D eigenvalue weighted by Crippen LogP contribution is -2.66. The molecule has 32 heavy (non-hydrogen) atoms. The van der Waals surface area contributed by atoms with Crippen molar-refractivity contribution in [2.24, 2.45) is 5.92 Å². The van der Waals surface area contributed by atoms with Gasteiger partial charge in [0.15, 0.2) is 0 Å². The second-order valence-corrected chi connectivity index (χ2v) is 8.85. The van der Waals surface area contributed by atoms with E-state index < -0.39 is 6.04 Å². The Bertz CT molecular complexity index is 871. The van der Waals surface area contributed by atoms with Gasteiger partial charge < -0.3 is 25.2 Å². The molecule has 4 rings (SSSR count). The fourth-order valence-corrected chi connectivity index (χ4v) is 4.99. The summed E-state index contributed by atoms with van der Waals surface area (Å²) in [5.74, 6) is 0.176. The van der Waals surface area contributed by atoms with Gasteiger partial charge in [0.25, 0.3) is 0 Å². The average Bonchev–Trinajstić information content (AvgIpc) is 3.23. The predicted octanol–water partition coefficient (Wildman–Crippen LogP) is 2.16. The summed E-state index contributed by atoms with van der Waals surface area (Å²) in [6, 6.07) is 6.41. The van der Waals surface area contributed by atoms with Crippen LogP contribution in [0.1, 0.15) is 31.7 Å². The van der Waals surface area contributed by atoms with Gasteiger partial charge in [0, 0.05) is 30.7 Å². The molecule has 2 N–H and O–H groups in total. The third kappa shape index (κ3) is 4.65. The highest BCUT2D eigenvalue weighted by Crippen LogP contribution is 2.34. The Labute approximate surface area is 189 Å². The molecule has 3 heterocycles. The van der Waals surface area contributed by atoms with E-state index in [4.69, 9.17) is 4.74 Å². The van der Waals surface area contributed by atoms with Crippen molar-refractivity contribution in [2.75, 3.05) is 31.6 Å². The molecule has 3 fully saturated rings. The molecule has 4 unspecified atom stereocenters. The largest absolute Gasteiger partial charge is 0.377 e. The quantitative estimate of drug-likeness (QED) is 0.502. The fraction of sp³-hybridized carbons (Fsp3) is 0.542. The van der Waals surface area contributed by atoms with E-state index in [9.17, 15) is 14.4 Å². The monoisotopic (exact) mass is 440 g/mol. The number of fused-ring (bicyclic) bond motifs is 2. The topological polar surface area (TPSA) is 91.0 Å². The van der Waals surface area contributed by atoms with Crippen LogP contribution < -0.4 is 10.6 Å². The molecule has 0 bridgehead atoms. The average molecular weight is 441 g/mol. The van der Waals surface area contributed by atoms with Crippen molar-refractivity contribution in [1.82, 2.24) is 15.1 Å². The maximum absolute atomic E-state index is 13.2. The number of ether oxygens (including phenoxy) is 1. The molecular weight excluding hydrogens is 408 g/mol. The molecule has 3 aliphatic rings. The zero-order valence-electron chi connectivity index (χ0n) is 18.6. The molecule has 4 atom stereocenters. The minimum Gasteiger partial charge on any atom is -0.377 e. The minimum absolute atomic E-state index is 0.0112. The van der Waals surface area contributed by atoms with Gasteiger partial charge in [0.1, 0.15) is 12.1 Å². The summed E-state index contributed by atoms with van der Waals surface area (Å²) in [6.07, 6.45) is 4.36. The number of urea groups is 1. The van der Waals surface area contributed by atoms with Gasteiger partial charge in [-0.3, -0.25) is 9.59 Å². The number of rotatable bonds is 7. The standard InChI is InChI=1S/C24H32N4O4/c1-3-11-32-15-17-12-20-22(29)27-10-9-19(13-21(27)23(30)28(20)14-17)26-24(31)25-18-7-5-16(4-2)6-8-18/h3,5-8,17,19-21H,1,4,9-15H2,2H3,(H2,25,26,31). The molecule has 8 heteroatoms. The van der Waals surface area contributed by atoms with Crippen molar-refractivity contribution in [3.8, 4) is 0 Å². The van der Waals surface area contributed by atoms with E-state index in [-0.39, 0.29) is 35.8 Å². The maximum atomic E-state index is 13.2. The first kappa shape index (κ1) is 22.3. The van der Waals surface area contributed by atoms with E-state index in [0.717, 1.165) is 12.1 Å². The summed E-state index contributed by atoms with van der Waals surface area (Å²) in [6.45, 7) is 7.74. The Balaban J connectivity index is 1.33.